The van der Waals surface area contributed by atoms with Crippen LogP contribution in [0.3, 0.4) is 0 Å². The van der Waals surface area contributed by atoms with Crippen molar-refractivity contribution < 1.29 is 23.4 Å². The van der Waals surface area contributed by atoms with E-state index in [1.807, 2.05) is 70.2 Å². The number of ether oxygens (including phenoxy) is 3. The first-order valence-corrected chi connectivity index (χ1v) is 13.2. The smallest absolute Gasteiger partial charge is 0.414 e. The molecule has 0 aliphatic carbocycles. The highest BCUT2D eigenvalue weighted by atomic mass is 16.6. The Hall–Kier alpha value is -3.97. The zero-order chi connectivity index (χ0) is 27.7. The average molecular weight is 529 g/mol. The molecule has 7 nitrogen and oxygen atoms in total. The van der Waals surface area contributed by atoms with E-state index in [0.717, 1.165) is 58.8 Å². The Bertz CT molecular complexity index is 1480. The molecule has 1 aromatic heterocycles. The van der Waals surface area contributed by atoms with Crippen LogP contribution in [0.1, 0.15) is 43.2 Å². The Labute approximate surface area is 229 Å². The van der Waals surface area contributed by atoms with E-state index in [0.29, 0.717) is 18.0 Å². The predicted octanol–water partition coefficient (Wildman–Crippen LogP) is 7.47. The lowest BCUT2D eigenvalue weighted by Crippen LogP contribution is -2.35. The molecule has 0 saturated heterocycles. The summed E-state index contributed by atoms with van der Waals surface area (Å²) in [6.07, 6.45) is 0.427. The van der Waals surface area contributed by atoms with E-state index in [1.165, 1.54) is 5.56 Å². The molecule has 1 amide bonds. The van der Waals surface area contributed by atoms with Gasteiger partial charge in [-0.3, -0.25) is 9.80 Å². The van der Waals surface area contributed by atoms with E-state index in [-0.39, 0.29) is 6.09 Å². The fourth-order valence-corrected chi connectivity index (χ4v) is 4.98. The Balaban J connectivity index is 1.32. The first-order valence-electron chi connectivity index (χ1n) is 13.2. The van der Waals surface area contributed by atoms with Crippen LogP contribution in [0.15, 0.2) is 65.1 Å². The molecule has 0 radical (unpaired) electrons. The van der Waals surface area contributed by atoms with Crippen molar-refractivity contribution in [1.82, 2.24) is 4.90 Å². The maximum atomic E-state index is 12.6. The number of anilines is 1. The van der Waals surface area contributed by atoms with E-state index < -0.39 is 5.60 Å². The predicted molar refractivity (Wildman–Crippen MR) is 153 cm³/mol. The molecule has 0 bridgehead atoms. The topological polar surface area (TPSA) is 64.4 Å². The second-order valence-corrected chi connectivity index (χ2v) is 11.1. The normalized spacial score (nSPS) is 13.2. The minimum Gasteiger partial charge on any atom is -0.497 e. The number of aryl methyl sites for hydroxylation is 1. The van der Waals surface area contributed by atoms with Gasteiger partial charge in [0, 0.05) is 30.6 Å². The van der Waals surface area contributed by atoms with Gasteiger partial charge in [-0.25, -0.2) is 4.79 Å². The van der Waals surface area contributed by atoms with Gasteiger partial charge in [-0.15, -0.1) is 0 Å². The molecule has 0 unspecified atom stereocenters. The van der Waals surface area contributed by atoms with Crippen molar-refractivity contribution in [3.8, 4) is 17.2 Å². The molecule has 0 fully saturated rings. The largest absolute Gasteiger partial charge is 0.497 e. The molecule has 3 aromatic carbocycles. The second-order valence-electron chi connectivity index (χ2n) is 11.1. The molecule has 1 aliphatic rings. The highest BCUT2D eigenvalue weighted by Gasteiger charge is 2.29. The van der Waals surface area contributed by atoms with Crippen LogP contribution in [0.25, 0.3) is 11.0 Å². The lowest BCUT2D eigenvalue weighted by Gasteiger charge is -2.24. The number of benzene rings is 3. The Morgan fingerprint density at radius 3 is 2.49 bits per heavy atom. The molecule has 5 rings (SSSR count). The van der Waals surface area contributed by atoms with E-state index in [2.05, 4.69) is 30.1 Å². The number of furan rings is 1. The number of hydrogen-bond donors (Lipinski definition) is 0. The number of amides is 1. The van der Waals surface area contributed by atoms with Crippen LogP contribution >= 0.6 is 0 Å². The maximum Gasteiger partial charge on any atom is 0.414 e. The fourth-order valence-electron chi connectivity index (χ4n) is 4.98. The first-order chi connectivity index (χ1) is 18.6. The number of carbonyl (C=O) groups is 1. The Kier molecular flexibility index (Phi) is 7.28. The van der Waals surface area contributed by atoms with Gasteiger partial charge >= 0.3 is 6.09 Å². The minimum atomic E-state index is -0.536. The standard InChI is InChI=1S/C32H36N2O5/c1-21-27(20-33(5)19-22-10-12-24(36-6)13-11-22)26-8-7-9-29(30(26)37-21)38-25-14-15-28-23(18-25)16-17-34(28)31(35)39-32(2,3)4/h7-15,18H,16-17,19-20H2,1-6H3. The number of methoxy groups -OCH3 is 1. The molecule has 0 spiro atoms. The number of hydrogen-bond acceptors (Lipinski definition) is 6. The van der Waals surface area contributed by atoms with Gasteiger partial charge in [0.1, 0.15) is 22.9 Å². The van der Waals surface area contributed by atoms with E-state index in [9.17, 15) is 4.79 Å². The van der Waals surface area contributed by atoms with Gasteiger partial charge in [-0.1, -0.05) is 24.3 Å². The molecular formula is C32H36N2O5. The summed E-state index contributed by atoms with van der Waals surface area (Å²) < 4.78 is 23.4. The summed E-state index contributed by atoms with van der Waals surface area (Å²) in [5.41, 5.74) is 4.49. The van der Waals surface area contributed by atoms with Crippen LogP contribution in [-0.2, 0) is 24.2 Å². The molecule has 7 heteroatoms. The Morgan fingerprint density at radius 2 is 1.77 bits per heavy atom. The van der Waals surface area contributed by atoms with Gasteiger partial charge < -0.3 is 18.6 Å². The lowest BCUT2D eigenvalue weighted by molar-refractivity contribution is 0.0584. The molecular weight excluding hydrogens is 492 g/mol. The van der Waals surface area contributed by atoms with Gasteiger partial charge in [0.2, 0.25) is 0 Å². The zero-order valence-electron chi connectivity index (χ0n) is 23.5. The molecule has 0 N–H and O–H groups in total. The van der Waals surface area contributed by atoms with E-state index >= 15 is 0 Å². The third kappa shape index (κ3) is 5.88. The first kappa shape index (κ1) is 26.6. The SMILES string of the molecule is COc1ccc(CN(C)Cc2c(C)oc3c(Oc4ccc5c(c4)CCN5C(=O)OC(C)(C)C)cccc23)cc1. The van der Waals surface area contributed by atoms with Crippen molar-refractivity contribution in [3.63, 3.8) is 0 Å². The molecule has 204 valence electrons. The van der Waals surface area contributed by atoms with Gasteiger partial charge in [0.05, 0.1) is 12.8 Å². The number of rotatable bonds is 7. The van der Waals surface area contributed by atoms with Crippen molar-refractivity contribution in [2.45, 2.75) is 52.8 Å². The lowest BCUT2D eigenvalue weighted by atomic mass is 10.1. The molecule has 2 heterocycles. The third-order valence-electron chi connectivity index (χ3n) is 6.81. The van der Waals surface area contributed by atoms with Crippen LogP contribution in [-0.4, -0.2) is 37.3 Å². The summed E-state index contributed by atoms with van der Waals surface area (Å²) in [6.45, 7) is 9.77. The Morgan fingerprint density at radius 1 is 1.03 bits per heavy atom. The highest BCUT2D eigenvalue weighted by Crippen LogP contribution is 2.38. The van der Waals surface area contributed by atoms with Crippen molar-refractivity contribution in [2.24, 2.45) is 0 Å². The molecule has 4 aromatic rings. The number of carbonyl (C=O) groups excluding carboxylic acids is 1. The minimum absolute atomic E-state index is 0.324. The van der Waals surface area contributed by atoms with Crippen molar-refractivity contribution in [1.29, 1.82) is 0 Å². The average Bonchev–Trinajstić information content (AvgIpc) is 3.45. The summed E-state index contributed by atoms with van der Waals surface area (Å²) in [6, 6.07) is 20.0. The van der Waals surface area contributed by atoms with E-state index in [1.54, 1.807) is 12.0 Å². The van der Waals surface area contributed by atoms with Crippen molar-refractivity contribution in [2.75, 3.05) is 25.6 Å². The fraction of sp³-hybridized carbons (Fsp3) is 0.344. The zero-order valence-corrected chi connectivity index (χ0v) is 23.5. The highest BCUT2D eigenvalue weighted by molar-refractivity contribution is 5.91. The van der Waals surface area contributed by atoms with Crippen LogP contribution in [0.2, 0.25) is 0 Å². The van der Waals surface area contributed by atoms with Gasteiger partial charge in [0.25, 0.3) is 0 Å². The maximum absolute atomic E-state index is 12.6. The van der Waals surface area contributed by atoms with Crippen LogP contribution in [0.4, 0.5) is 10.5 Å². The third-order valence-corrected chi connectivity index (χ3v) is 6.81. The summed E-state index contributed by atoms with van der Waals surface area (Å²) in [7, 11) is 3.78. The van der Waals surface area contributed by atoms with Crippen LogP contribution < -0.4 is 14.4 Å². The van der Waals surface area contributed by atoms with Crippen LogP contribution in [0.5, 0.6) is 17.2 Å². The molecule has 1 aliphatic heterocycles. The number of para-hydroxylation sites is 1. The van der Waals surface area contributed by atoms with Crippen molar-refractivity contribution in [3.05, 3.63) is 83.1 Å². The molecule has 39 heavy (non-hydrogen) atoms. The monoisotopic (exact) mass is 528 g/mol. The van der Waals surface area contributed by atoms with Gasteiger partial charge in [-0.05, 0) is 88.7 Å². The number of nitrogens with zero attached hydrogens (tertiary/aromatic N) is 2. The number of fused-ring (bicyclic) bond motifs is 2. The van der Waals surface area contributed by atoms with Gasteiger partial charge in [-0.2, -0.15) is 0 Å². The summed E-state index contributed by atoms with van der Waals surface area (Å²) >= 11 is 0. The summed E-state index contributed by atoms with van der Waals surface area (Å²) in [5, 5.41) is 1.05. The second kappa shape index (κ2) is 10.7. The van der Waals surface area contributed by atoms with Crippen LogP contribution in [0, 0.1) is 6.92 Å². The summed E-state index contributed by atoms with van der Waals surface area (Å²) in [4.78, 5) is 16.6. The van der Waals surface area contributed by atoms with Crippen molar-refractivity contribution >= 4 is 22.7 Å². The quantitative estimate of drug-likeness (QED) is 0.248. The summed E-state index contributed by atoms with van der Waals surface area (Å²) in [5.74, 6) is 3.11. The van der Waals surface area contributed by atoms with E-state index in [4.69, 9.17) is 18.6 Å². The molecule has 0 atom stereocenters. The molecule has 0 saturated carbocycles. The van der Waals surface area contributed by atoms with Gasteiger partial charge in [0.15, 0.2) is 11.3 Å².